The third-order valence-corrected chi connectivity index (χ3v) is 7.70. The molecular formula is C20H28O3. The van der Waals surface area contributed by atoms with Crippen molar-refractivity contribution in [3.63, 3.8) is 0 Å². The summed E-state index contributed by atoms with van der Waals surface area (Å²) in [5.74, 6) is 1.20. The van der Waals surface area contributed by atoms with E-state index in [-0.39, 0.29) is 17.4 Å². The summed E-state index contributed by atoms with van der Waals surface area (Å²) in [6.45, 7) is 9.21. The van der Waals surface area contributed by atoms with Gasteiger partial charge in [-0.1, -0.05) is 26.5 Å². The molecule has 3 heteroatoms. The summed E-state index contributed by atoms with van der Waals surface area (Å²) in [5.41, 5.74) is 2.19. The minimum Gasteiger partial charge on any atom is -0.392 e. The number of aliphatic hydroxyl groups excluding tert-OH is 1. The number of rotatable bonds is 1. The third kappa shape index (κ3) is 1.93. The summed E-state index contributed by atoms with van der Waals surface area (Å²) >= 11 is 0. The molecule has 0 amide bonds. The third-order valence-electron chi connectivity index (χ3n) is 7.70. The van der Waals surface area contributed by atoms with Crippen LogP contribution in [0.4, 0.5) is 0 Å². The Labute approximate surface area is 138 Å². The number of aldehydes is 1. The Balaban J connectivity index is 1.74. The highest BCUT2D eigenvalue weighted by atomic mass is 16.5. The standard InChI is InChI=1S/C20H28O3/c1-12-10-23-18-13(12)4-6-15-14(18)5-7-16-19(15,2)9-8-17(22)20(16,3)11-21/h5,11,13,15-18,22H,1,4,6-10H2,2-3H3/t13-,15+,16-,17+,18+,19-,20+/m0/s1. The fourth-order valence-electron chi connectivity index (χ4n) is 6.23. The van der Waals surface area contributed by atoms with Crippen LogP contribution in [-0.4, -0.2) is 30.2 Å². The molecular weight excluding hydrogens is 288 g/mol. The van der Waals surface area contributed by atoms with Crippen molar-refractivity contribution >= 4 is 6.29 Å². The van der Waals surface area contributed by atoms with Gasteiger partial charge in [0.15, 0.2) is 0 Å². The van der Waals surface area contributed by atoms with Crippen molar-refractivity contribution in [1.82, 2.24) is 0 Å². The zero-order chi connectivity index (χ0) is 16.4. The summed E-state index contributed by atoms with van der Waals surface area (Å²) in [5, 5.41) is 10.5. The first-order valence-electron chi connectivity index (χ1n) is 9.05. The van der Waals surface area contributed by atoms with Crippen molar-refractivity contribution in [1.29, 1.82) is 0 Å². The molecule has 0 aromatic heterocycles. The van der Waals surface area contributed by atoms with Crippen molar-refractivity contribution in [2.75, 3.05) is 6.61 Å². The van der Waals surface area contributed by atoms with Gasteiger partial charge in [-0.2, -0.15) is 0 Å². The minimum absolute atomic E-state index is 0.0945. The second-order valence-electron chi connectivity index (χ2n) is 8.66. The van der Waals surface area contributed by atoms with E-state index in [2.05, 4.69) is 19.6 Å². The molecule has 0 spiro atoms. The van der Waals surface area contributed by atoms with Crippen LogP contribution in [0.2, 0.25) is 0 Å². The molecule has 1 N–H and O–H groups in total. The Morgan fingerprint density at radius 3 is 2.87 bits per heavy atom. The van der Waals surface area contributed by atoms with Gasteiger partial charge in [0.1, 0.15) is 6.29 Å². The van der Waals surface area contributed by atoms with E-state index >= 15 is 0 Å². The topological polar surface area (TPSA) is 46.5 Å². The van der Waals surface area contributed by atoms with Gasteiger partial charge in [0, 0.05) is 5.92 Å². The average molecular weight is 316 g/mol. The largest absolute Gasteiger partial charge is 0.392 e. The van der Waals surface area contributed by atoms with Gasteiger partial charge in [-0.25, -0.2) is 0 Å². The molecule has 4 aliphatic rings. The lowest BCUT2D eigenvalue weighted by Gasteiger charge is -2.59. The van der Waals surface area contributed by atoms with E-state index in [0.717, 1.165) is 38.4 Å². The van der Waals surface area contributed by atoms with E-state index in [0.29, 0.717) is 18.4 Å². The zero-order valence-electron chi connectivity index (χ0n) is 14.3. The lowest BCUT2D eigenvalue weighted by Crippen LogP contribution is -2.57. The number of allylic oxidation sites excluding steroid dienone is 1. The maximum Gasteiger partial charge on any atom is 0.128 e. The maximum absolute atomic E-state index is 11.9. The SMILES string of the molecule is C=C1CO[C@H]2C3=CC[C@@H]4[C@@](C)(C=O)[C@H](O)CC[C@@]4(C)[C@@H]3CC[C@@H]12. The summed E-state index contributed by atoms with van der Waals surface area (Å²) < 4.78 is 6.08. The molecule has 2 saturated carbocycles. The molecule has 0 aromatic carbocycles. The van der Waals surface area contributed by atoms with Gasteiger partial charge in [-0.3, -0.25) is 0 Å². The van der Waals surface area contributed by atoms with Crippen LogP contribution in [0.15, 0.2) is 23.8 Å². The molecule has 0 aromatic rings. The zero-order valence-corrected chi connectivity index (χ0v) is 14.3. The first-order valence-corrected chi connectivity index (χ1v) is 9.05. The van der Waals surface area contributed by atoms with Gasteiger partial charge in [0.25, 0.3) is 0 Å². The van der Waals surface area contributed by atoms with Crippen molar-refractivity contribution in [2.24, 2.45) is 28.6 Å². The van der Waals surface area contributed by atoms with Crippen LogP contribution in [0.3, 0.4) is 0 Å². The maximum atomic E-state index is 11.9. The molecule has 126 valence electrons. The van der Waals surface area contributed by atoms with Crippen molar-refractivity contribution in [2.45, 2.75) is 58.2 Å². The summed E-state index contributed by atoms with van der Waals surface area (Å²) in [4.78, 5) is 11.9. The molecule has 3 aliphatic carbocycles. The van der Waals surface area contributed by atoms with E-state index < -0.39 is 11.5 Å². The number of hydrogen-bond donors (Lipinski definition) is 1. The Morgan fingerprint density at radius 1 is 1.35 bits per heavy atom. The molecule has 0 radical (unpaired) electrons. The number of aliphatic hydroxyl groups is 1. The number of carbonyl (C=O) groups is 1. The van der Waals surface area contributed by atoms with E-state index in [9.17, 15) is 9.90 Å². The smallest absolute Gasteiger partial charge is 0.128 e. The van der Waals surface area contributed by atoms with Crippen molar-refractivity contribution in [3.8, 4) is 0 Å². The van der Waals surface area contributed by atoms with Crippen LogP contribution >= 0.6 is 0 Å². The van der Waals surface area contributed by atoms with Gasteiger partial charge in [0.2, 0.25) is 0 Å². The van der Waals surface area contributed by atoms with Crippen LogP contribution in [0.1, 0.15) is 46.0 Å². The van der Waals surface area contributed by atoms with E-state index in [1.54, 1.807) is 0 Å². The van der Waals surface area contributed by atoms with Crippen molar-refractivity contribution in [3.05, 3.63) is 23.8 Å². The second kappa shape index (κ2) is 5.03. The monoisotopic (exact) mass is 316 g/mol. The van der Waals surface area contributed by atoms with E-state index in [4.69, 9.17) is 4.74 Å². The highest BCUT2D eigenvalue weighted by molar-refractivity contribution is 5.61. The highest BCUT2D eigenvalue weighted by Crippen LogP contribution is 2.63. The number of fused-ring (bicyclic) bond motifs is 5. The summed E-state index contributed by atoms with van der Waals surface area (Å²) in [6, 6.07) is 0. The Kier molecular flexibility index (Phi) is 3.41. The van der Waals surface area contributed by atoms with Crippen LogP contribution in [0.25, 0.3) is 0 Å². The van der Waals surface area contributed by atoms with Crippen LogP contribution in [-0.2, 0) is 9.53 Å². The lowest BCUT2D eigenvalue weighted by atomic mass is 9.45. The lowest BCUT2D eigenvalue weighted by molar-refractivity contribution is -0.151. The van der Waals surface area contributed by atoms with Gasteiger partial charge in [-0.05, 0) is 60.5 Å². The molecule has 1 saturated heterocycles. The molecule has 3 fully saturated rings. The predicted molar refractivity (Wildman–Crippen MR) is 88.8 cm³/mol. The number of ether oxygens (including phenoxy) is 1. The first-order chi connectivity index (χ1) is 10.9. The predicted octanol–water partition coefficient (Wildman–Crippen LogP) is 3.28. The molecule has 3 nitrogen and oxygen atoms in total. The summed E-state index contributed by atoms with van der Waals surface area (Å²) in [7, 11) is 0. The van der Waals surface area contributed by atoms with Gasteiger partial charge >= 0.3 is 0 Å². The Hall–Kier alpha value is -0.930. The van der Waals surface area contributed by atoms with Crippen molar-refractivity contribution < 1.29 is 14.6 Å². The fourth-order valence-corrected chi connectivity index (χ4v) is 6.23. The van der Waals surface area contributed by atoms with Crippen LogP contribution in [0.5, 0.6) is 0 Å². The van der Waals surface area contributed by atoms with E-state index in [1.165, 1.54) is 11.1 Å². The summed E-state index contributed by atoms with van der Waals surface area (Å²) in [6.07, 6.45) is 8.00. The molecule has 4 rings (SSSR count). The normalized spacial score (nSPS) is 52.2. The Bertz CT molecular complexity index is 579. The van der Waals surface area contributed by atoms with Gasteiger partial charge in [-0.15, -0.1) is 0 Å². The molecule has 23 heavy (non-hydrogen) atoms. The molecule has 0 bridgehead atoms. The number of carbonyl (C=O) groups excluding carboxylic acids is 1. The molecule has 1 heterocycles. The molecule has 0 unspecified atom stereocenters. The molecule has 7 atom stereocenters. The first kappa shape index (κ1) is 15.6. The molecule has 1 aliphatic heterocycles. The van der Waals surface area contributed by atoms with Gasteiger partial charge < -0.3 is 14.6 Å². The quantitative estimate of drug-likeness (QED) is 0.596. The van der Waals surface area contributed by atoms with Crippen LogP contribution < -0.4 is 0 Å². The number of hydrogen-bond acceptors (Lipinski definition) is 3. The minimum atomic E-state index is -0.619. The van der Waals surface area contributed by atoms with Crippen LogP contribution in [0, 0.1) is 28.6 Å². The Morgan fingerprint density at radius 2 is 2.13 bits per heavy atom. The van der Waals surface area contributed by atoms with Gasteiger partial charge in [0.05, 0.1) is 24.2 Å². The highest BCUT2D eigenvalue weighted by Gasteiger charge is 2.59. The fraction of sp³-hybridized carbons (Fsp3) is 0.750. The average Bonchev–Trinajstić information content (AvgIpc) is 2.93. The van der Waals surface area contributed by atoms with E-state index in [1.807, 2.05) is 6.92 Å². The second-order valence-corrected chi connectivity index (χ2v) is 8.66.